The summed E-state index contributed by atoms with van der Waals surface area (Å²) in [7, 11) is -3.15. The monoisotopic (exact) mass is 402 g/mol. The number of rotatable bonds is 6. The van der Waals surface area contributed by atoms with E-state index in [9.17, 15) is 8.42 Å². The van der Waals surface area contributed by atoms with Gasteiger partial charge in [0.2, 0.25) is 10.0 Å². The SMILES string of the molecule is CC(C)S(=O)(=O)N1C[C@H]2CC=C(c3ccc(CCN4CCC[C@H]4C)cc3)[C@H]2C1. The van der Waals surface area contributed by atoms with Crippen molar-refractivity contribution in [3.63, 3.8) is 0 Å². The van der Waals surface area contributed by atoms with E-state index in [1.54, 1.807) is 18.2 Å². The second-order valence-electron chi connectivity index (χ2n) is 9.15. The van der Waals surface area contributed by atoms with Crippen molar-refractivity contribution in [1.29, 1.82) is 0 Å². The molecule has 1 aliphatic carbocycles. The molecule has 4 nitrogen and oxygen atoms in total. The van der Waals surface area contributed by atoms with Crippen molar-refractivity contribution in [2.75, 3.05) is 26.2 Å². The Morgan fingerprint density at radius 2 is 1.89 bits per heavy atom. The highest BCUT2D eigenvalue weighted by Crippen LogP contribution is 2.44. The fourth-order valence-electron chi connectivity index (χ4n) is 5.15. The van der Waals surface area contributed by atoms with Gasteiger partial charge >= 0.3 is 0 Å². The summed E-state index contributed by atoms with van der Waals surface area (Å²) in [6.07, 6.45) is 7.12. The second kappa shape index (κ2) is 7.92. The third-order valence-electron chi connectivity index (χ3n) is 7.07. The van der Waals surface area contributed by atoms with Gasteiger partial charge in [-0.15, -0.1) is 0 Å². The average Bonchev–Trinajstić information content (AvgIpc) is 3.36. The standard InChI is InChI=1S/C23H34N2O2S/c1-17(2)28(26,27)25-15-21-10-11-22(23(21)16-25)20-8-6-19(7-9-20)12-14-24-13-4-5-18(24)3/h6-9,11,17-18,21,23H,4-5,10,12-16H2,1-3H3/t18-,21-,23+/m1/s1. The quantitative estimate of drug-likeness (QED) is 0.727. The highest BCUT2D eigenvalue weighted by Gasteiger charge is 2.43. The van der Waals surface area contributed by atoms with Gasteiger partial charge in [-0.2, -0.15) is 0 Å². The van der Waals surface area contributed by atoms with Crippen molar-refractivity contribution >= 4 is 15.6 Å². The first-order valence-corrected chi connectivity index (χ1v) is 12.4. The Hall–Kier alpha value is -1.17. The average molecular weight is 403 g/mol. The summed E-state index contributed by atoms with van der Waals surface area (Å²) in [5.74, 6) is 0.796. The molecule has 3 atom stereocenters. The van der Waals surface area contributed by atoms with Crippen LogP contribution < -0.4 is 0 Å². The zero-order valence-corrected chi connectivity index (χ0v) is 18.3. The normalized spacial score (nSPS) is 28.9. The van der Waals surface area contributed by atoms with Crippen molar-refractivity contribution < 1.29 is 8.42 Å². The van der Waals surface area contributed by atoms with E-state index in [1.165, 1.54) is 36.1 Å². The lowest BCUT2D eigenvalue weighted by Gasteiger charge is -2.21. The van der Waals surface area contributed by atoms with E-state index >= 15 is 0 Å². The minimum Gasteiger partial charge on any atom is -0.300 e. The fraction of sp³-hybridized carbons (Fsp3) is 0.652. The molecule has 2 fully saturated rings. The largest absolute Gasteiger partial charge is 0.300 e. The molecule has 2 aliphatic heterocycles. The maximum absolute atomic E-state index is 12.6. The van der Waals surface area contributed by atoms with Crippen LogP contribution >= 0.6 is 0 Å². The molecule has 3 aliphatic rings. The van der Waals surface area contributed by atoms with Crippen LogP contribution in [0.15, 0.2) is 30.3 Å². The number of benzene rings is 1. The number of sulfonamides is 1. The van der Waals surface area contributed by atoms with Gasteiger partial charge in [0.05, 0.1) is 5.25 Å². The molecule has 0 saturated carbocycles. The molecule has 2 heterocycles. The molecule has 4 rings (SSSR count). The first-order valence-electron chi connectivity index (χ1n) is 10.9. The first kappa shape index (κ1) is 20.1. The van der Waals surface area contributed by atoms with E-state index in [0.717, 1.165) is 25.4 Å². The van der Waals surface area contributed by atoms with E-state index in [4.69, 9.17) is 0 Å². The van der Waals surface area contributed by atoms with E-state index in [1.807, 2.05) is 0 Å². The van der Waals surface area contributed by atoms with Crippen molar-refractivity contribution in [2.45, 2.75) is 57.7 Å². The van der Waals surface area contributed by atoms with Gasteiger partial charge < -0.3 is 4.90 Å². The van der Waals surface area contributed by atoms with E-state index in [0.29, 0.717) is 24.9 Å². The van der Waals surface area contributed by atoms with Crippen LogP contribution in [-0.2, 0) is 16.4 Å². The third kappa shape index (κ3) is 3.81. The van der Waals surface area contributed by atoms with Crippen molar-refractivity contribution in [3.8, 4) is 0 Å². The number of hydrogen-bond acceptors (Lipinski definition) is 3. The Morgan fingerprint density at radius 1 is 1.14 bits per heavy atom. The van der Waals surface area contributed by atoms with E-state index < -0.39 is 10.0 Å². The van der Waals surface area contributed by atoms with E-state index in [2.05, 4.69) is 42.2 Å². The minimum atomic E-state index is -3.15. The fourth-order valence-corrected chi connectivity index (χ4v) is 6.52. The Labute approximate surface area is 170 Å². The van der Waals surface area contributed by atoms with Crippen molar-refractivity contribution in [2.24, 2.45) is 11.8 Å². The highest BCUT2D eigenvalue weighted by atomic mass is 32.2. The van der Waals surface area contributed by atoms with Gasteiger partial charge in [-0.25, -0.2) is 12.7 Å². The van der Waals surface area contributed by atoms with Crippen molar-refractivity contribution in [3.05, 3.63) is 41.5 Å². The summed E-state index contributed by atoms with van der Waals surface area (Å²) < 4.78 is 26.8. The van der Waals surface area contributed by atoms with Gasteiger partial charge in [0, 0.05) is 31.6 Å². The molecular weight excluding hydrogens is 368 g/mol. The summed E-state index contributed by atoms with van der Waals surface area (Å²) >= 11 is 0. The maximum Gasteiger partial charge on any atom is 0.216 e. The highest BCUT2D eigenvalue weighted by molar-refractivity contribution is 7.89. The topological polar surface area (TPSA) is 40.6 Å². The predicted molar refractivity (Wildman–Crippen MR) is 116 cm³/mol. The smallest absolute Gasteiger partial charge is 0.216 e. The van der Waals surface area contributed by atoms with Gasteiger partial charge in [0.1, 0.15) is 0 Å². The van der Waals surface area contributed by atoms with Crippen LogP contribution in [0.3, 0.4) is 0 Å². The van der Waals surface area contributed by atoms with Crippen LogP contribution in [0.4, 0.5) is 0 Å². The molecule has 0 radical (unpaired) electrons. The van der Waals surface area contributed by atoms with E-state index in [-0.39, 0.29) is 5.25 Å². The third-order valence-corrected chi connectivity index (χ3v) is 9.28. The minimum absolute atomic E-state index is 0.337. The molecule has 154 valence electrons. The lowest BCUT2D eigenvalue weighted by Crippen LogP contribution is -2.35. The van der Waals surface area contributed by atoms with Gasteiger partial charge in [-0.1, -0.05) is 30.3 Å². The molecule has 0 spiro atoms. The van der Waals surface area contributed by atoms with Gasteiger partial charge in [0.15, 0.2) is 0 Å². The molecule has 2 saturated heterocycles. The number of likely N-dealkylation sites (tertiary alicyclic amines) is 1. The summed E-state index contributed by atoms with van der Waals surface area (Å²) in [5.41, 5.74) is 4.02. The zero-order chi connectivity index (χ0) is 19.9. The summed E-state index contributed by atoms with van der Waals surface area (Å²) in [5, 5.41) is -0.337. The maximum atomic E-state index is 12.6. The molecule has 0 unspecified atom stereocenters. The van der Waals surface area contributed by atoms with Crippen molar-refractivity contribution in [1.82, 2.24) is 9.21 Å². The molecule has 28 heavy (non-hydrogen) atoms. The summed E-state index contributed by atoms with van der Waals surface area (Å²) in [4.78, 5) is 2.60. The zero-order valence-electron chi connectivity index (χ0n) is 17.5. The molecule has 0 aromatic heterocycles. The molecule has 1 aromatic carbocycles. The summed E-state index contributed by atoms with van der Waals surface area (Å²) in [6, 6.07) is 9.75. The Morgan fingerprint density at radius 3 is 2.54 bits per heavy atom. The van der Waals surface area contributed by atoms with Crippen LogP contribution in [0.2, 0.25) is 0 Å². The lowest BCUT2D eigenvalue weighted by molar-refractivity contribution is 0.272. The Balaban J connectivity index is 1.40. The van der Waals surface area contributed by atoms with Crippen LogP contribution in [0.5, 0.6) is 0 Å². The summed E-state index contributed by atoms with van der Waals surface area (Å²) in [6.45, 7) is 9.61. The number of hydrogen-bond donors (Lipinski definition) is 0. The lowest BCUT2D eigenvalue weighted by atomic mass is 9.90. The van der Waals surface area contributed by atoms with Crippen LogP contribution in [0.25, 0.3) is 5.57 Å². The number of fused-ring (bicyclic) bond motifs is 1. The first-order chi connectivity index (χ1) is 13.4. The predicted octanol–water partition coefficient (Wildman–Crippen LogP) is 3.79. The molecule has 0 bridgehead atoms. The van der Waals surface area contributed by atoms with Gasteiger partial charge in [-0.05, 0) is 75.6 Å². The van der Waals surface area contributed by atoms with Crippen LogP contribution in [0, 0.1) is 11.8 Å². The molecule has 0 N–H and O–H groups in total. The Bertz CT molecular complexity index is 829. The van der Waals surface area contributed by atoms with Gasteiger partial charge in [-0.3, -0.25) is 0 Å². The number of allylic oxidation sites excluding steroid dienone is 1. The molecular formula is C23H34N2O2S. The molecule has 5 heteroatoms. The second-order valence-corrected chi connectivity index (χ2v) is 11.6. The number of nitrogens with zero attached hydrogens (tertiary/aromatic N) is 2. The van der Waals surface area contributed by atoms with Crippen LogP contribution in [-0.4, -0.2) is 55.1 Å². The Kier molecular flexibility index (Phi) is 5.69. The van der Waals surface area contributed by atoms with Crippen LogP contribution in [0.1, 0.15) is 51.2 Å². The van der Waals surface area contributed by atoms with Gasteiger partial charge in [0.25, 0.3) is 0 Å². The molecule has 0 amide bonds. The molecule has 1 aromatic rings.